The predicted molar refractivity (Wildman–Crippen MR) is 196 cm³/mol. The van der Waals surface area contributed by atoms with Crippen LogP contribution in [0.2, 0.25) is 0 Å². The summed E-state index contributed by atoms with van der Waals surface area (Å²) in [7, 11) is 0. The molecule has 0 N–H and O–H groups in total. The third-order valence-corrected chi connectivity index (χ3v) is 8.99. The highest BCUT2D eigenvalue weighted by molar-refractivity contribution is 6.09. The van der Waals surface area contributed by atoms with Gasteiger partial charge in [0.25, 0.3) is 0 Å². The van der Waals surface area contributed by atoms with Gasteiger partial charge in [0, 0.05) is 45.4 Å². The van der Waals surface area contributed by atoms with Crippen molar-refractivity contribution in [3.8, 4) is 33.4 Å². The minimum absolute atomic E-state index is 0.956. The molecule has 0 unspecified atom stereocenters. The smallest absolute Gasteiger partial charge is 0.0491 e. The lowest BCUT2D eigenvalue weighted by Crippen LogP contribution is -2.09. The summed E-state index contributed by atoms with van der Waals surface area (Å²) in [6.45, 7) is 3.17. The Labute approximate surface area is 270 Å². The molecule has 2 heteroatoms. The lowest BCUT2D eigenvalue weighted by atomic mass is 9.98. The normalized spacial score (nSPS) is 11.2. The van der Waals surface area contributed by atoms with Crippen LogP contribution in [0.4, 0.5) is 17.1 Å². The number of hydrogen-bond acceptors (Lipinski definition) is 1. The molecule has 220 valence electrons. The maximum atomic E-state index is 2.40. The van der Waals surface area contributed by atoms with Crippen molar-refractivity contribution in [2.45, 2.75) is 13.5 Å². The molecule has 1 aromatic heterocycles. The van der Waals surface area contributed by atoms with E-state index >= 15 is 0 Å². The number of aromatic nitrogens is 1. The van der Waals surface area contributed by atoms with Gasteiger partial charge < -0.3 is 9.47 Å². The van der Waals surface area contributed by atoms with Crippen molar-refractivity contribution in [2.75, 3.05) is 4.90 Å². The van der Waals surface area contributed by atoms with Crippen molar-refractivity contribution in [3.05, 3.63) is 176 Å². The lowest BCUT2D eigenvalue weighted by molar-refractivity contribution is 0.827. The summed E-state index contributed by atoms with van der Waals surface area (Å²) in [6, 6.07) is 63.4. The molecule has 1 heterocycles. The molecule has 0 aliphatic carbocycles. The van der Waals surface area contributed by atoms with Gasteiger partial charge in [-0.1, -0.05) is 121 Å². The standard InChI is InChI=1S/C44H34N2/c1-2-45-43-19-10-9-18-41(43)42-31-37(26-29-44(42)45)35-22-20-34(21-23-35)36-14-11-17-40(30-36)46(38-15-7-4-8-16-38)39-27-24-33(25-28-39)32-12-5-3-6-13-32/h3-31H,2H2,1H3. The summed E-state index contributed by atoms with van der Waals surface area (Å²) in [5, 5.41) is 2.62. The summed E-state index contributed by atoms with van der Waals surface area (Å²) in [6.07, 6.45) is 0. The van der Waals surface area contributed by atoms with Crippen LogP contribution in [0.25, 0.3) is 55.2 Å². The van der Waals surface area contributed by atoms with Gasteiger partial charge in [0.15, 0.2) is 0 Å². The van der Waals surface area contributed by atoms with Gasteiger partial charge in [-0.05, 0) is 94.9 Å². The van der Waals surface area contributed by atoms with Crippen LogP contribution in [0, 0.1) is 0 Å². The zero-order valence-electron chi connectivity index (χ0n) is 25.8. The van der Waals surface area contributed by atoms with E-state index in [-0.39, 0.29) is 0 Å². The minimum atomic E-state index is 0.956. The highest BCUT2D eigenvalue weighted by Crippen LogP contribution is 2.38. The van der Waals surface area contributed by atoms with Crippen LogP contribution in [-0.2, 0) is 6.54 Å². The molecule has 8 aromatic rings. The summed E-state index contributed by atoms with van der Waals surface area (Å²) < 4.78 is 2.40. The number of hydrogen-bond donors (Lipinski definition) is 0. The predicted octanol–water partition coefficient (Wildman–Crippen LogP) is 12.3. The van der Waals surface area contributed by atoms with Gasteiger partial charge in [0.05, 0.1) is 0 Å². The quantitative estimate of drug-likeness (QED) is 0.179. The summed E-state index contributed by atoms with van der Waals surface area (Å²) in [5.74, 6) is 0. The van der Waals surface area contributed by atoms with Crippen molar-refractivity contribution >= 4 is 38.9 Å². The number of rotatable bonds is 7. The average Bonchev–Trinajstić information content (AvgIpc) is 3.46. The molecule has 0 atom stereocenters. The summed E-state index contributed by atoms with van der Waals surface area (Å²) in [5.41, 5.74) is 13.2. The first-order chi connectivity index (χ1) is 22.8. The Bertz CT molecular complexity index is 2260. The number of benzene rings is 7. The van der Waals surface area contributed by atoms with E-state index in [9.17, 15) is 0 Å². The molecule has 0 aliphatic rings. The first-order valence-electron chi connectivity index (χ1n) is 16.0. The van der Waals surface area contributed by atoms with Gasteiger partial charge in [0.2, 0.25) is 0 Å². The Morgan fingerprint density at radius 1 is 0.370 bits per heavy atom. The average molecular weight is 591 g/mol. The molecule has 2 nitrogen and oxygen atoms in total. The fourth-order valence-corrected chi connectivity index (χ4v) is 6.71. The summed E-state index contributed by atoms with van der Waals surface area (Å²) in [4.78, 5) is 2.33. The van der Waals surface area contributed by atoms with E-state index in [4.69, 9.17) is 0 Å². The second kappa shape index (κ2) is 11.9. The monoisotopic (exact) mass is 590 g/mol. The van der Waals surface area contributed by atoms with E-state index in [1.54, 1.807) is 0 Å². The molecular formula is C44H34N2. The van der Waals surface area contributed by atoms with E-state index < -0.39 is 0 Å². The molecule has 0 radical (unpaired) electrons. The molecule has 46 heavy (non-hydrogen) atoms. The Morgan fingerprint density at radius 3 is 1.57 bits per heavy atom. The van der Waals surface area contributed by atoms with E-state index in [0.717, 1.165) is 23.6 Å². The van der Waals surface area contributed by atoms with Crippen LogP contribution in [0.15, 0.2) is 176 Å². The second-order valence-corrected chi connectivity index (χ2v) is 11.7. The van der Waals surface area contributed by atoms with Crippen LogP contribution < -0.4 is 4.90 Å². The van der Waals surface area contributed by atoms with Crippen LogP contribution in [0.1, 0.15) is 6.92 Å². The zero-order valence-corrected chi connectivity index (χ0v) is 25.8. The lowest BCUT2D eigenvalue weighted by Gasteiger charge is -2.26. The van der Waals surface area contributed by atoms with E-state index in [1.807, 2.05) is 0 Å². The van der Waals surface area contributed by atoms with E-state index in [2.05, 4.69) is 192 Å². The Balaban J connectivity index is 1.13. The van der Waals surface area contributed by atoms with Crippen molar-refractivity contribution in [1.82, 2.24) is 4.57 Å². The Hall–Kier alpha value is -5.86. The number of aryl methyl sites for hydroxylation is 1. The molecule has 0 saturated heterocycles. The fraction of sp³-hybridized carbons (Fsp3) is 0.0455. The second-order valence-electron chi connectivity index (χ2n) is 11.7. The number of fused-ring (bicyclic) bond motifs is 3. The summed E-state index contributed by atoms with van der Waals surface area (Å²) >= 11 is 0. The van der Waals surface area contributed by atoms with Crippen molar-refractivity contribution in [1.29, 1.82) is 0 Å². The van der Waals surface area contributed by atoms with Crippen molar-refractivity contribution in [3.63, 3.8) is 0 Å². The van der Waals surface area contributed by atoms with Crippen LogP contribution in [-0.4, -0.2) is 4.57 Å². The molecule has 0 amide bonds. The van der Waals surface area contributed by atoms with E-state index in [0.29, 0.717) is 0 Å². The number of anilines is 3. The first kappa shape index (κ1) is 27.7. The Kier molecular flexibility index (Phi) is 7.16. The van der Waals surface area contributed by atoms with Crippen LogP contribution in [0.5, 0.6) is 0 Å². The Morgan fingerprint density at radius 2 is 0.848 bits per heavy atom. The van der Waals surface area contributed by atoms with Gasteiger partial charge in [-0.25, -0.2) is 0 Å². The molecule has 0 fully saturated rings. The minimum Gasteiger partial charge on any atom is -0.341 e. The SMILES string of the molecule is CCn1c2ccccc2c2cc(-c3ccc(-c4cccc(N(c5ccccc5)c5ccc(-c6ccccc6)cc5)c4)cc3)ccc21. The molecule has 8 rings (SSSR count). The largest absolute Gasteiger partial charge is 0.341 e. The van der Waals surface area contributed by atoms with E-state index in [1.165, 1.54) is 55.2 Å². The molecule has 0 aliphatic heterocycles. The third kappa shape index (κ3) is 5.04. The van der Waals surface area contributed by atoms with Gasteiger partial charge in [-0.2, -0.15) is 0 Å². The maximum absolute atomic E-state index is 2.40. The third-order valence-electron chi connectivity index (χ3n) is 8.99. The van der Waals surface area contributed by atoms with Crippen molar-refractivity contribution < 1.29 is 0 Å². The molecule has 7 aromatic carbocycles. The zero-order chi connectivity index (χ0) is 30.9. The van der Waals surface area contributed by atoms with Gasteiger partial charge in [-0.3, -0.25) is 0 Å². The number of nitrogens with zero attached hydrogens (tertiary/aromatic N) is 2. The van der Waals surface area contributed by atoms with Crippen LogP contribution in [0.3, 0.4) is 0 Å². The topological polar surface area (TPSA) is 8.17 Å². The molecule has 0 spiro atoms. The highest BCUT2D eigenvalue weighted by Gasteiger charge is 2.14. The maximum Gasteiger partial charge on any atom is 0.0491 e. The van der Waals surface area contributed by atoms with Gasteiger partial charge in [-0.15, -0.1) is 0 Å². The van der Waals surface area contributed by atoms with Crippen LogP contribution >= 0.6 is 0 Å². The van der Waals surface area contributed by atoms with Gasteiger partial charge in [0.1, 0.15) is 0 Å². The molecule has 0 bridgehead atoms. The molecular weight excluding hydrogens is 556 g/mol. The first-order valence-corrected chi connectivity index (χ1v) is 16.0. The van der Waals surface area contributed by atoms with Crippen molar-refractivity contribution in [2.24, 2.45) is 0 Å². The fourth-order valence-electron chi connectivity index (χ4n) is 6.71. The highest BCUT2D eigenvalue weighted by atomic mass is 15.1. The van der Waals surface area contributed by atoms with Gasteiger partial charge >= 0.3 is 0 Å². The number of para-hydroxylation sites is 2. The molecule has 0 saturated carbocycles.